The van der Waals surface area contributed by atoms with Gasteiger partial charge in [-0.1, -0.05) is 19.1 Å². The number of hydrogen-bond donors (Lipinski definition) is 3. The van der Waals surface area contributed by atoms with Crippen molar-refractivity contribution in [1.82, 2.24) is 4.72 Å². The zero-order valence-electron chi connectivity index (χ0n) is 13.9. The largest absolute Gasteiger partial charge is 0.332 e. The number of nitrogens with one attached hydrogen (secondary N) is 3. The van der Waals surface area contributed by atoms with Crippen LogP contribution < -0.4 is 15.4 Å². The molecule has 2 aromatic carbocycles. The van der Waals surface area contributed by atoms with Crippen LogP contribution in [0.3, 0.4) is 0 Å². The molecule has 0 unspecified atom stereocenters. The standard InChI is InChI=1S/C17H19N3O3S2/c1-3-18-25(22,23)16-9-7-14(8-10-16)19-17(24)20-15-6-4-5-13(11-15)12(2)21/h4-11,18H,3H2,1-2H3,(H2,19,20,24). The highest BCUT2D eigenvalue weighted by Gasteiger charge is 2.12. The molecule has 0 aliphatic carbocycles. The maximum Gasteiger partial charge on any atom is 0.240 e. The lowest BCUT2D eigenvalue weighted by molar-refractivity contribution is 0.101. The van der Waals surface area contributed by atoms with Gasteiger partial charge < -0.3 is 10.6 Å². The second-order valence-electron chi connectivity index (χ2n) is 5.24. The number of carbonyl (C=O) groups excluding carboxylic acids is 1. The normalized spacial score (nSPS) is 11.0. The Morgan fingerprint density at radius 1 is 1.04 bits per heavy atom. The van der Waals surface area contributed by atoms with E-state index in [4.69, 9.17) is 12.2 Å². The molecule has 8 heteroatoms. The fraction of sp³-hybridized carbons (Fsp3) is 0.176. The van der Waals surface area contributed by atoms with E-state index in [1.807, 2.05) is 0 Å². The summed E-state index contributed by atoms with van der Waals surface area (Å²) in [5.74, 6) is -0.0278. The van der Waals surface area contributed by atoms with Crippen molar-refractivity contribution in [3.05, 3.63) is 54.1 Å². The highest BCUT2D eigenvalue weighted by molar-refractivity contribution is 7.89. The third-order valence-corrected chi connectivity index (χ3v) is 5.05. The number of rotatable bonds is 6. The Bertz CT molecular complexity index is 878. The quantitative estimate of drug-likeness (QED) is 0.530. The summed E-state index contributed by atoms with van der Waals surface area (Å²) in [6.45, 7) is 3.55. The number of sulfonamides is 1. The molecule has 0 atom stereocenters. The Morgan fingerprint density at radius 2 is 1.68 bits per heavy atom. The monoisotopic (exact) mass is 377 g/mol. The van der Waals surface area contributed by atoms with Crippen LogP contribution in [0.2, 0.25) is 0 Å². The number of ketones is 1. The van der Waals surface area contributed by atoms with Crippen LogP contribution in [-0.2, 0) is 10.0 Å². The number of hydrogen-bond acceptors (Lipinski definition) is 4. The summed E-state index contributed by atoms with van der Waals surface area (Å²) >= 11 is 5.24. The van der Waals surface area contributed by atoms with E-state index in [0.717, 1.165) is 0 Å². The molecule has 0 spiro atoms. The zero-order chi connectivity index (χ0) is 18.4. The molecule has 3 N–H and O–H groups in total. The van der Waals surface area contributed by atoms with Gasteiger partial charge in [0, 0.05) is 23.5 Å². The van der Waals surface area contributed by atoms with Gasteiger partial charge in [0.05, 0.1) is 4.90 Å². The van der Waals surface area contributed by atoms with Gasteiger partial charge in [-0.15, -0.1) is 0 Å². The first-order valence-electron chi connectivity index (χ1n) is 7.60. The van der Waals surface area contributed by atoms with E-state index in [0.29, 0.717) is 28.6 Å². The summed E-state index contributed by atoms with van der Waals surface area (Å²) in [6, 6.07) is 13.3. The van der Waals surface area contributed by atoms with E-state index in [-0.39, 0.29) is 10.7 Å². The molecule has 0 amide bonds. The van der Waals surface area contributed by atoms with Crippen LogP contribution in [0.4, 0.5) is 11.4 Å². The van der Waals surface area contributed by atoms with Gasteiger partial charge in [0.2, 0.25) is 10.0 Å². The molecule has 0 saturated heterocycles. The van der Waals surface area contributed by atoms with Gasteiger partial charge in [-0.2, -0.15) is 0 Å². The van der Waals surface area contributed by atoms with Crippen LogP contribution in [0, 0.1) is 0 Å². The summed E-state index contributed by atoms with van der Waals surface area (Å²) < 4.78 is 26.2. The molecule has 0 bridgehead atoms. The van der Waals surface area contributed by atoms with Crippen molar-refractivity contribution in [3.63, 3.8) is 0 Å². The molecule has 2 aromatic rings. The van der Waals surface area contributed by atoms with Gasteiger partial charge >= 0.3 is 0 Å². The minimum absolute atomic E-state index is 0.0278. The third kappa shape index (κ3) is 5.35. The number of benzene rings is 2. The van der Waals surface area contributed by atoms with Gasteiger partial charge in [0.1, 0.15) is 0 Å². The highest BCUT2D eigenvalue weighted by Crippen LogP contribution is 2.15. The molecule has 0 fully saturated rings. The maximum absolute atomic E-state index is 11.9. The lowest BCUT2D eigenvalue weighted by atomic mass is 10.1. The SMILES string of the molecule is CCNS(=O)(=O)c1ccc(NC(=S)Nc2cccc(C(C)=O)c2)cc1. The zero-order valence-corrected chi connectivity index (χ0v) is 15.5. The smallest absolute Gasteiger partial charge is 0.240 e. The first-order chi connectivity index (χ1) is 11.8. The van der Waals surface area contributed by atoms with Crippen LogP contribution >= 0.6 is 12.2 Å². The summed E-state index contributed by atoms with van der Waals surface area (Å²) in [4.78, 5) is 11.6. The van der Waals surface area contributed by atoms with Crippen molar-refractivity contribution in [3.8, 4) is 0 Å². The molecular weight excluding hydrogens is 358 g/mol. The van der Waals surface area contributed by atoms with Crippen LogP contribution in [0.25, 0.3) is 0 Å². The first-order valence-corrected chi connectivity index (χ1v) is 9.49. The van der Waals surface area contributed by atoms with Crippen LogP contribution in [0.1, 0.15) is 24.2 Å². The van der Waals surface area contributed by atoms with E-state index in [9.17, 15) is 13.2 Å². The predicted octanol–water partition coefficient (Wildman–Crippen LogP) is 3.00. The highest BCUT2D eigenvalue weighted by atomic mass is 32.2. The maximum atomic E-state index is 11.9. The Kier molecular flexibility index (Phi) is 6.24. The van der Waals surface area contributed by atoms with Gasteiger partial charge in [-0.25, -0.2) is 13.1 Å². The predicted molar refractivity (Wildman–Crippen MR) is 104 cm³/mol. The molecule has 25 heavy (non-hydrogen) atoms. The molecule has 0 heterocycles. The number of anilines is 2. The van der Waals surface area contributed by atoms with Gasteiger partial charge in [-0.05, 0) is 55.5 Å². The molecule has 0 radical (unpaired) electrons. The summed E-state index contributed by atoms with van der Waals surface area (Å²) in [5.41, 5.74) is 1.93. The molecule has 0 aliphatic rings. The van der Waals surface area contributed by atoms with E-state index >= 15 is 0 Å². The van der Waals surface area contributed by atoms with E-state index in [1.165, 1.54) is 19.1 Å². The molecule has 2 rings (SSSR count). The minimum Gasteiger partial charge on any atom is -0.332 e. The molecule has 132 valence electrons. The summed E-state index contributed by atoms with van der Waals surface area (Å²) in [5, 5.41) is 6.29. The number of carbonyl (C=O) groups is 1. The van der Waals surface area contributed by atoms with Crippen molar-refractivity contribution in [2.45, 2.75) is 18.7 Å². The third-order valence-electron chi connectivity index (χ3n) is 3.28. The summed E-state index contributed by atoms with van der Waals surface area (Å²) in [7, 11) is -3.48. The Balaban J connectivity index is 2.04. The Hall–Kier alpha value is -2.29. The first kappa shape index (κ1) is 19.0. The number of Topliss-reactive ketones (excluding diaryl/α,β-unsaturated/α-hetero) is 1. The number of thiocarbonyl (C=S) groups is 1. The van der Waals surface area contributed by atoms with Gasteiger partial charge in [0.25, 0.3) is 0 Å². The van der Waals surface area contributed by atoms with E-state index in [1.54, 1.807) is 43.3 Å². The van der Waals surface area contributed by atoms with Crippen LogP contribution in [0.5, 0.6) is 0 Å². The van der Waals surface area contributed by atoms with Crippen LogP contribution in [-0.4, -0.2) is 25.9 Å². The second kappa shape index (κ2) is 8.19. The van der Waals surface area contributed by atoms with Crippen molar-refractivity contribution in [2.24, 2.45) is 0 Å². The molecule has 0 aliphatic heterocycles. The molecule has 0 saturated carbocycles. The fourth-order valence-corrected chi connectivity index (χ4v) is 3.38. The van der Waals surface area contributed by atoms with E-state index < -0.39 is 10.0 Å². The fourth-order valence-electron chi connectivity index (χ4n) is 2.10. The van der Waals surface area contributed by atoms with E-state index in [2.05, 4.69) is 15.4 Å². The topological polar surface area (TPSA) is 87.3 Å². The average molecular weight is 377 g/mol. The Morgan fingerprint density at radius 3 is 2.28 bits per heavy atom. The van der Waals surface area contributed by atoms with Gasteiger partial charge in [-0.3, -0.25) is 4.79 Å². The van der Waals surface area contributed by atoms with Crippen molar-refractivity contribution in [1.29, 1.82) is 0 Å². The van der Waals surface area contributed by atoms with Crippen molar-refractivity contribution < 1.29 is 13.2 Å². The lowest BCUT2D eigenvalue weighted by Gasteiger charge is -2.12. The van der Waals surface area contributed by atoms with Crippen molar-refractivity contribution >= 4 is 44.5 Å². The van der Waals surface area contributed by atoms with Crippen molar-refractivity contribution in [2.75, 3.05) is 17.2 Å². The van der Waals surface area contributed by atoms with Gasteiger partial charge in [0.15, 0.2) is 10.9 Å². The van der Waals surface area contributed by atoms with Crippen LogP contribution in [0.15, 0.2) is 53.4 Å². The molecule has 0 aromatic heterocycles. The average Bonchev–Trinajstić information content (AvgIpc) is 2.55. The molecule has 6 nitrogen and oxygen atoms in total. The lowest BCUT2D eigenvalue weighted by Crippen LogP contribution is -2.23. The Labute approximate surface area is 152 Å². The minimum atomic E-state index is -3.48. The summed E-state index contributed by atoms with van der Waals surface area (Å²) in [6.07, 6.45) is 0. The molecular formula is C17H19N3O3S2. The second-order valence-corrected chi connectivity index (χ2v) is 7.42.